The first-order chi connectivity index (χ1) is 10.3. The highest BCUT2D eigenvalue weighted by molar-refractivity contribution is 6.18. The van der Waals surface area contributed by atoms with Gasteiger partial charge in [0.2, 0.25) is 0 Å². The maximum Gasteiger partial charge on any atom is 0.167 e. The SMILES string of the molecule is O=C1CC=C2c3c1cccc3-c1ccc3ccccc3c12. The molecule has 3 aromatic carbocycles. The number of benzene rings is 3. The Morgan fingerprint density at radius 3 is 2.48 bits per heavy atom. The number of allylic oxidation sites excluding steroid dienone is 1. The average molecular weight is 268 g/mol. The van der Waals surface area contributed by atoms with Crippen LogP contribution in [-0.2, 0) is 0 Å². The molecule has 1 heteroatoms. The summed E-state index contributed by atoms with van der Waals surface area (Å²) in [6.07, 6.45) is 2.61. The van der Waals surface area contributed by atoms with Crippen LogP contribution in [0, 0.1) is 0 Å². The van der Waals surface area contributed by atoms with Gasteiger partial charge in [0.25, 0.3) is 0 Å². The largest absolute Gasteiger partial charge is 0.294 e. The topological polar surface area (TPSA) is 17.1 Å². The molecule has 2 aliphatic rings. The standard InChI is InChI=1S/C20H12O/c21-18-11-10-17-19-13-5-2-1-4-12(13)8-9-15(19)14-6-3-7-16(18)20(14)17/h1-10H,11H2. The third-order valence-corrected chi connectivity index (χ3v) is 4.61. The first kappa shape index (κ1) is 11.0. The summed E-state index contributed by atoms with van der Waals surface area (Å²) in [5.74, 6) is 0.229. The lowest BCUT2D eigenvalue weighted by Gasteiger charge is -2.14. The highest BCUT2D eigenvalue weighted by Gasteiger charge is 2.31. The molecule has 2 aliphatic carbocycles. The summed E-state index contributed by atoms with van der Waals surface area (Å²) in [7, 11) is 0. The minimum absolute atomic E-state index is 0.229. The molecule has 0 fully saturated rings. The first-order valence-electron chi connectivity index (χ1n) is 7.24. The van der Waals surface area contributed by atoms with E-state index in [1.807, 2.05) is 12.1 Å². The summed E-state index contributed by atoms with van der Waals surface area (Å²) in [6.45, 7) is 0. The van der Waals surface area contributed by atoms with Crippen molar-refractivity contribution < 1.29 is 4.79 Å². The highest BCUT2D eigenvalue weighted by atomic mass is 16.1. The van der Waals surface area contributed by atoms with E-state index in [2.05, 4.69) is 48.5 Å². The molecule has 21 heavy (non-hydrogen) atoms. The highest BCUT2D eigenvalue weighted by Crippen LogP contribution is 2.50. The van der Waals surface area contributed by atoms with Crippen molar-refractivity contribution in [2.75, 3.05) is 0 Å². The van der Waals surface area contributed by atoms with E-state index >= 15 is 0 Å². The predicted octanol–water partition coefficient (Wildman–Crippen LogP) is 4.84. The Balaban J connectivity index is 1.99. The maximum atomic E-state index is 12.2. The van der Waals surface area contributed by atoms with Crippen LogP contribution in [0.5, 0.6) is 0 Å². The lowest BCUT2D eigenvalue weighted by atomic mass is 9.88. The minimum atomic E-state index is 0.229. The molecule has 0 unspecified atom stereocenters. The van der Waals surface area contributed by atoms with E-state index in [0.717, 1.165) is 11.1 Å². The van der Waals surface area contributed by atoms with Crippen LogP contribution in [0.15, 0.2) is 60.7 Å². The van der Waals surface area contributed by atoms with Crippen LogP contribution < -0.4 is 0 Å². The second-order valence-corrected chi connectivity index (χ2v) is 5.68. The molecule has 0 atom stereocenters. The first-order valence-corrected chi connectivity index (χ1v) is 7.24. The minimum Gasteiger partial charge on any atom is -0.294 e. The number of ketones is 1. The lowest BCUT2D eigenvalue weighted by Crippen LogP contribution is -2.06. The predicted molar refractivity (Wildman–Crippen MR) is 85.4 cm³/mol. The van der Waals surface area contributed by atoms with Gasteiger partial charge in [0.15, 0.2) is 5.78 Å². The quantitative estimate of drug-likeness (QED) is 0.446. The van der Waals surface area contributed by atoms with Gasteiger partial charge in [-0.1, -0.05) is 60.7 Å². The van der Waals surface area contributed by atoms with E-state index in [1.165, 1.54) is 33.0 Å². The van der Waals surface area contributed by atoms with Crippen LogP contribution >= 0.6 is 0 Å². The molecule has 0 aliphatic heterocycles. The molecular weight excluding hydrogens is 256 g/mol. The van der Waals surface area contributed by atoms with Gasteiger partial charge in [0.05, 0.1) is 0 Å². The van der Waals surface area contributed by atoms with Gasteiger partial charge in [-0.2, -0.15) is 0 Å². The number of Topliss-reactive ketones (excluding diaryl/α,β-unsaturated/α-hetero) is 1. The molecule has 0 amide bonds. The van der Waals surface area contributed by atoms with Gasteiger partial charge in [-0.05, 0) is 33.0 Å². The summed E-state index contributed by atoms with van der Waals surface area (Å²) in [6, 6.07) is 18.9. The molecule has 0 aromatic heterocycles. The van der Waals surface area contributed by atoms with Crippen LogP contribution in [0.3, 0.4) is 0 Å². The Morgan fingerprint density at radius 1 is 0.714 bits per heavy atom. The van der Waals surface area contributed by atoms with Crippen molar-refractivity contribution in [2.24, 2.45) is 0 Å². The lowest BCUT2D eigenvalue weighted by molar-refractivity contribution is 0.0994. The van der Waals surface area contributed by atoms with Crippen molar-refractivity contribution in [1.29, 1.82) is 0 Å². The number of rotatable bonds is 0. The summed E-state index contributed by atoms with van der Waals surface area (Å²) in [5, 5.41) is 2.53. The van der Waals surface area contributed by atoms with Gasteiger partial charge in [0.1, 0.15) is 0 Å². The molecule has 5 rings (SSSR count). The molecule has 0 saturated heterocycles. The molecule has 0 heterocycles. The molecule has 0 radical (unpaired) electrons. The Morgan fingerprint density at radius 2 is 1.52 bits per heavy atom. The third-order valence-electron chi connectivity index (χ3n) is 4.61. The molecule has 3 aromatic rings. The Kier molecular flexibility index (Phi) is 1.95. The Labute approximate surface area is 122 Å². The van der Waals surface area contributed by atoms with Gasteiger partial charge >= 0.3 is 0 Å². The fourth-order valence-corrected chi connectivity index (χ4v) is 3.72. The van der Waals surface area contributed by atoms with E-state index in [-0.39, 0.29) is 5.78 Å². The molecule has 0 bridgehead atoms. The zero-order valence-electron chi connectivity index (χ0n) is 11.4. The zero-order chi connectivity index (χ0) is 14.0. The Hall–Kier alpha value is -2.67. The van der Waals surface area contributed by atoms with E-state index in [0.29, 0.717) is 6.42 Å². The number of fused-ring (bicyclic) bond motifs is 5. The Bertz CT molecular complexity index is 976. The summed E-state index contributed by atoms with van der Waals surface area (Å²) < 4.78 is 0. The van der Waals surface area contributed by atoms with Crippen LogP contribution in [0.4, 0.5) is 0 Å². The van der Waals surface area contributed by atoms with Gasteiger partial charge in [-0.25, -0.2) is 0 Å². The van der Waals surface area contributed by atoms with Crippen molar-refractivity contribution in [2.45, 2.75) is 6.42 Å². The van der Waals surface area contributed by atoms with Crippen LogP contribution in [0.25, 0.3) is 27.5 Å². The van der Waals surface area contributed by atoms with Crippen molar-refractivity contribution >= 4 is 22.1 Å². The zero-order valence-corrected chi connectivity index (χ0v) is 11.4. The van der Waals surface area contributed by atoms with Crippen LogP contribution in [0.2, 0.25) is 0 Å². The van der Waals surface area contributed by atoms with Crippen LogP contribution in [0.1, 0.15) is 27.9 Å². The molecule has 0 spiro atoms. The van der Waals surface area contributed by atoms with E-state index < -0.39 is 0 Å². The number of hydrogen-bond donors (Lipinski definition) is 0. The number of hydrogen-bond acceptors (Lipinski definition) is 1. The van der Waals surface area contributed by atoms with Crippen LogP contribution in [-0.4, -0.2) is 5.78 Å². The molecular formula is C20H12O. The van der Waals surface area contributed by atoms with Gasteiger partial charge in [-0.15, -0.1) is 0 Å². The smallest absolute Gasteiger partial charge is 0.167 e. The van der Waals surface area contributed by atoms with Gasteiger partial charge < -0.3 is 0 Å². The maximum absolute atomic E-state index is 12.2. The van der Waals surface area contributed by atoms with E-state index in [4.69, 9.17) is 0 Å². The second-order valence-electron chi connectivity index (χ2n) is 5.68. The molecule has 0 saturated carbocycles. The molecule has 98 valence electrons. The normalized spacial score (nSPS) is 14.9. The van der Waals surface area contributed by atoms with E-state index in [1.54, 1.807) is 0 Å². The fraction of sp³-hybridized carbons (Fsp3) is 0.0500. The van der Waals surface area contributed by atoms with Gasteiger partial charge in [-0.3, -0.25) is 4.79 Å². The van der Waals surface area contributed by atoms with Crippen molar-refractivity contribution in [1.82, 2.24) is 0 Å². The number of carbonyl (C=O) groups is 1. The van der Waals surface area contributed by atoms with E-state index in [9.17, 15) is 4.79 Å². The third kappa shape index (κ3) is 1.28. The second kappa shape index (κ2) is 3.70. The number of carbonyl (C=O) groups excluding carboxylic acids is 1. The molecule has 1 nitrogen and oxygen atoms in total. The average Bonchev–Trinajstić information content (AvgIpc) is 2.87. The fourth-order valence-electron chi connectivity index (χ4n) is 3.72. The monoisotopic (exact) mass is 268 g/mol. The summed E-state index contributed by atoms with van der Waals surface area (Å²) >= 11 is 0. The van der Waals surface area contributed by atoms with Crippen molar-refractivity contribution in [3.05, 3.63) is 77.4 Å². The molecule has 0 N–H and O–H groups in total. The van der Waals surface area contributed by atoms with Crippen molar-refractivity contribution in [3.8, 4) is 11.1 Å². The van der Waals surface area contributed by atoms with Crippen molar-refractivity contribution in [3.63, 3.8) is 0 Å². The summed E-state index contributed by atoms with van der Waals surface area (Å²) in [4.78, 5) is 12.2. The van der Waals surface area contributed by atoms with Gasteiger partial charge in [0, 0.05) is 17.5 Å². The summed E-state index contributed by atoms with van der Waals surface area (Å²) in [5.41, 5.74) is 7.01.